The zero-order valence-corrected chi connectivity index (χ0v) is 14.7. The Balaban J connectivity index is 0.00000288. The molecular formula is C14H20ClF3N2O3S. The first-order valence-electron chi connectivity index (χ1n) is 7.23. The number of sulfonamides is 1. The fraction of sp³-hybridized carbons (Fsp3) is 0.571. The Kier molecular flexibility index (Phi) is 7.33. The molecule has 1 aromatic carbocycles. The first-order chi connectivity index (χ1) is 10.7. The number of para-hydroxylation sites is 1. The maximum absolute atomic E-state index is 12.7. The van der Waals surface area contributed by atoms with E-state index in [2.05, 4.69) is 10.1 Å². The van der Waals surface area contributed by atoms with Crippen LogP contribution in [0.5, 0.6) is 5.75 Å². The number of ether oxygens (including phenoxy) is 1. The molecule has 0 spiro atoms. The molecule has 0 bridgehead atoms. The zero-order valence-electron chi connectivity index (χ0n) is 13.0. The number of rotatable bonds is 5. The van der Waals surface area contributed by atoms with Gasteiger partial charge in [-0.25, -0.2) is 8.42 Å². The monoisotopic (exact) mass is 388 g/mol. The lowest BCUT2D eigenvalue weighted by molar-refractivity contribution is -0.275. The molecular weight excluding hydrogens is 369 g/mol. The minimum absolute atomic E-state index is 0. The smallest absolute Gasteiger partial charge is 0.404 e. The summed E-state index contributed by atoms with van der Waals surface area (Å²) >= 11 is 0. The summed E-state index contributed by atoms with van der Waals surface area (Å²) in [4.78, 5) is -0.456. The van der Waals surface area contributed by atoms with E-state index in [-0.39, 0.29) is 24.9 Å². The van der Waals surface area contributed by atoms with Gasteiger partial charge in [-0.05, 0) is 44.5 Å². The van der Waals surface area contributed by atoms with Crippen molar-refractivity contribution >= 4 is 22.4 Å². The minimum atomic E-state index is -4.94. The molecule has 1 aromatic rings. The normalized spacial score (nSPS) is 19.6. The second-order valence-corrected chi connectivity index (χ2v) is 7.33. The summed E-state index contributed by atoms with van der Waals surface area (Å²) in [6.07, 6.45) is -3.39. The van der Waals surface area contributed by atoms with Gasteiger partial charge in [0.2, 0.25) is 10.0 Å². The number of hydrogen-bond acceptors (Lipinski definition) is 4. The molecule has 0 saturated carbocycles. The van der Waals surface area contributed by atoms with Crippen LogP contribution in [-0.2, 0) is 10.0 Å². The number of nitrogens with zero attached hydrogens (tertiary/aromatic N) is 1. The van der Waals surface area contributed by atoms with Crippen molar-refractivity contribution in [3.05, 3.63) is 24.3 Å². The Morgan fingerprint density at radius 1 is 1.33 bits per heavy atom. The average molecular weight is 389 g/mol. The summed E-state index contributed by atoms with van der Waals surface area (Å²) in [5.74, 6) is -0.560. The Labute approximate surface area is 145 Å². The van der Waals surface area contributed by atoms with E-state index in [0.29, 0.717) is 19.5 Å². The molecule has 1 atom stereocenters. The Bertz CT molecular complexity index is 638. The molecule has 0 aromatic heterocycles. The van der Waals surface area contributed by atoms with Crippen molar-refractivity contribution in [3.63, 3.8) is 0 Å². The van der Waals surface area contributed by atoms with E-state index in [4.69, 9.17) is 0 Å². The van der Waals surface area contributed by atoms with E-state index in [1.807, 2.05) is 0 Å². The molecule has 1 fully saturated rings. The topological polar surface area (TPSA) is 58.6 Å². The fourth-order valence-corrected chi connectivity index (χ4v) is 4.38. The Morgan fingerprint density at radius 2 is 2.00 bits per heavy atom. The van der Waals surface area contributed by atoms with Gasteiger partial charge in [0.05, 0.1) is 0 Å². The van der Waals surface area contributed by atoms with Crippen LogP contribution in [0.4, 0.5) is 13.2 Å². The first kappa shape index (κ1) is 21.0. The highest BCUT2D eigenvalue weighted by atomic mass is 35.5. The van der Waals surface area contributed by atoms with Crippen LogP contribution in [0.25, 0.3) is 0 Å². The van der Waals surface area contributed by atoms with Gasteiger partial charge >= 0.3 is 6.36 Å². The molecule has 5 nitrogen and oxygen atoms in total. The summed E-state index contributed by atoms with van der Waals surface area (Å²) in [6.45, 7) is 1.24. The number of alkyl halides is 3. The van der Waals surface area contributed by atoms with E-state index in [1.165, 1.54) is 16.4 Å². The van der Waals surface area contributed by atoms with Crippen LogP contribution < -0.4 is 10.1 Å². The second-order valence-electron chi connectivity index (χ2n) is 5.42. The van der Waals surface area contributed by atoms with Gasteiger partial charge in [0.25, 0.3) is 0 Å². The predicted molar refractivity (Wildman–Crippen MR) is 85.8 cm³/mol. The van der Waals surface area contributed by atoms with Crippen molar-refractivity contribution in [2.75, 3.05) is 26.7 Å². The van der Waals surface area contributed by atoms with Crippen LogP contribution in [-0.4, -0.2) is 45.8 Å². The van der Waals surface area contributed by atoms with Gasteiger partial charge in [-0.15, -0.1) is 25.6 Å². The largest absolute Gasteiger partial charge is 0.573 e. The van der Waals surface area contributed by atoms with E-state index < -0.39 is 27.0 Å². The molecule has 1 N–H and O–H groups in total. The van der Waals surface area contributed by atoms with Crippen LogP contribution >= 0.6 is 12.4 Å². The first-order valence-corrected chi connectivity index (χ1v) is 8.67. The predicted octanol–water partition coefficient (Wildman–Crippen LogP) is 2.63. The molecule has 138 valence electrons. The molecule has 1 aliphatic heterocycles. The highest BCUT2D eigenvalue weighted by Gasteiger charge is 2.36. The van der Waals surface area contributed by atoms with Crippen LogP contribution in [0.2, 0.25) is 0 Å². The van der Waals surface area contributed by atoms with Crippen molar-refractivity contribution in [1.29, 1.82) is 0 Å². The van der Waals surface area contributed by atoms with Crippen molar-refractivity contribution in [2.24, 2.45) is 5.92 Å². The molecule has 1 unspecified atom stereocenters. The number of benzene rings is 1. The quantitative estimate of drug-likeness (QED) is 0.842. The highest BCUT2D eigenvalue weighted by Crippen LogP contribution is 2.32. The van der Waals surface area contributed by atoms with Gasteiger partial charge in [-0.2, -0.15) is 4.31 Å². The van der Waals surface area contributed by atoms with E-state index in [9.17, 15) is 21.6 Å². The second kappa shape index (κ2) is 8.37. The molecule has 1 aliphatic rings. The molecule has 1 heterocycles. The maximum Gasteiger partial charge on any atom is 0.573 e. The zero-order chi connectivity index (χ0) is 17.1. The number of piperidine rings is 1. The van der Waals surface area contributed by atoms with Gasteiger partial charge < -0.3 is 10.1 Å². The molecule has 1 saturated heterocycles. The summed E-state index contributed by atoms with van der Waals surface area (Å²) in [5.41, 5.74) is 0. The van der Waals surface area contributed by atoms with Gasteiger partial charge in [0.1, 0.15) is 10.6 Å². The third kappa shape index (κ3) is 5.23. The average Bonchev–Trinajstić information content (AvgIpc) is 2.46. The van der Waals surface area contributed by atoms with Gasteiger partial charge in [-0.3, -0.25) is 0 Å². The third-order valence-electron chi connectivity index (χ3n) is 3.67. The van der Waals surface area contributed by atoms with Crippen LogP contribution in [0, 0.1) is 5.92 Å². The highest BCUT2D eigenvalue weighted by molar-refractivity contribution is 7.89. The van der Waals surface area contributed by atoms with E-state index >= 15 is 0 Å². The summed E-state index contributed by atoms with van der Waals surface area (Å²) in [5, 5.41) is 3.00. The number of halogens is 4. The SMILES string of the molecule is CNCC1CCCN(S(=O)(=O)c2ccccc2OC(F)(F)F)C1.Cl. The minimum Gasteiger partial charge on any atom is -0.404 e. The van der Waals surface area contributed by atoms with Crippen LogP contribution in [0.15, 0.2) is 29.2 Å². The standard InChI is InChI=1S/C14H19F3N2O3S.ClH/c1-18-9-11-5-4-8-19(10-11)23(20,21)13-7-3-2-6-12(13)22-14(15,16)17;/h2-3,6-7,11,18H,4-5,8-10H2,1H3;1H. The number of nitrogens with one attached hydrogen (secondary N) is 1. The lowest BCUT2D eigenvalue weighted by Crippen LogP contribution is -2.42. The molecule has 0 radical (unpaired) electrons. The summed E-state index contributed by atoms with van der Waals surface area (Å²) in [7, 11) is -2.26. The van der Waals surface area contributed by atoms with Crippen LogP contribution in [0.3, 0.4) is 0 Å². The molecule has 0 aliphatic carbocycles. The Hall–Kier alpha value is -1.03. The Morgan fingerprint density at radius 3 is 2.62 bits per heavy atom. The lowest BCUT2D eigenvalue weighted by atomic mass is 10.00. The van der Waals surface area contributed by atoms with Crippen molar-refractivity contribution in [1.82, 2.24) is 9.62 Å². The van der Waals surface area contributed by atoms with Gasteiger partial charge in [0, 0.05) is 13.1 Å². The third-order valence-corrected chi connectivity index (χ3v) is 5.57. The van der Waals surface area contributed by atoms with Crippen molar-refractivity contribution in [3.8, 4) is 5.75 Å². The summed E-state index contributed by atoms with van der Waals surface area (Å²) < 4.78 is 67.9. The maximum atomic E-state index is 12.7. The number of hydrogen-bond donors (Lipinski definition) is 1. The molecule has 2 rings (SSSR count). The fourth-order valence-electron chi connectivity index (χ4n) is 2.71. The lowest BCUT2D eigenvalue weighted by Gasteiger charge is -2.32. The molecule has 0 amide bonds. The van der Waals surface area contributed by atoms with Crippen molar-refractivity contribution < 1.29 is 26.3 Å². The van der Waals surface area contributed by atoms with Crippen LogP contribution in [0.1, 0.15) is 12.8 Å². The molecule has 24 heavy (non-hydrogen) atoms. The van der Waals surface area contributed by atoms with Gasteiger partial charge in [-0.1, -0.05) is 12.1 Å². The molecule has 10 heteroatoms. The summed E-state index contributed by atoms with van der Waals surface area (Å²) in [6, 6.07) is 4.83. The van der Waals surface area contributed by atoms with E-state index in [0.717, 1.165) is 18.6 Å². The van der Waals surface area contributed by atoms with Crippen molar-refractivity contribution in [2.45, 2.75) is 24.1 Å². The van der Waals surface area contributed by atoms with E-state index in [1.54, 1.807) is 7.05 Å². The van der Waals surface area contributed by atoms with Gasteiger partial charge in [0.15, 0.2) is 0 Å².